The summed E-state index contributed by atoms with van der Waals surface area (Å²) in [4.78, 5) is 65.8. The molecule has 0 rings (SSSR count). The van der Waals surface area contributed by atoms with E-state index in [1.807, 2.05) is 27.7 Å². The summed E-state index contributed by atoms with van der Waals surface area (Å²) in [6.45, 7) is 20.1. The summed E-state index contributed by atoms with van der Waals surface area (Å²) < 4.78 is 0. The molecule has 0 saturated carbocycles. The Labute approximate surface area is 380 Å². The van der Waals surface area contributed by atoms with E-state index >= 15 is 0 Å². The normalized spacial score (nSPS) is 15.3. The highest BCUT2D eigenvalue weighted by Crippen LogP contribution is 2.15. The third-order valence-corrected chi connectivity index (χ3v) is 12.4. The standard InChI is InChI=1S/C50H98N6O6/c1-10-14-18-28-38(5)45(57)51-35-26-23-33-43(55-47(59)40(7)30-20-16-12-3)49(61)53-37-25-22-32-42(9)54-50(62)44(56-48(60)41(8)31-21-17-13-4)34-24-27-36-52-46(58)39(6)29-19-15-11-2/h38-45,51,57H,10-37H2,1-9H3,(H,52,58)(H,53,61)(H,54,62)(H,55,59)(H,56,60). The number of aliphatic hydroxyl groups is 1. The Balaban J connectivity index is 5.14. The van der Waals surface area contributed by atoms with Crippen LogP contribution in [0.4, 0.5) is 0 Å². The molecular weight excluding hydrogens is 781 g/mol. The van der Waals surface area contributed by atoms with Crippen molar-refractivity contribution in [1.82, 2.24) is 31.9 Å². The molecule has 364 valence electrons. The van der Waals surface area contributed by atoms with Crippen molar-refractivity contribution in [2.45, 2.75) is 247 Å². The molecule has 0 radical (unpaired) electrons. The van der Waals surface area contributed by atoms with Crippen LogP contribution in [0, 0.1) is 23.7 Å². The fourth-order valence-corrected chi connectivity index (χ4v) is 7.64. The van der Waals surface area contributed by atoms with Crippen LogP contribution in [0.5, 0.6) is 0 Å². The molecular formula is C50H98N6O6. The average Bonchev–Trinajstić information content (AvgIpc) is 3.24. The van der Waals surface area contributed by atoms with Gasteiger partial charge in [-0.25, -0.2) is 0 Å². The van der Waals surface area contributed by atoms with E-state index in [0.717, 1.165) is 128 Å². The molecule has 7 N–H and O–H groups in total. The number of nitrogens with one attached hydrogen (secondary N) is 6. The first-order chi connectivity index (χ1) is 29.7. The largest absolute Gasteiger partial charge is 0.378 e. The van der Waals surface area contributed by atoms with Gasteiger partial charge in [-0.05, 0) is 103 Å². The van der Waals surface area contributed by atoms with Crippen LogP contribution in [0.25, 0.3) is 0 Å². The number of hydrogen-bond acceptors (Lipinski definition) is 7. The van der Waals surface area contributed by atoms with Crippen LogP contribution in [0.15, 0.2) is 0 Å². The molecule has 0 heterocycles. The maximum Gasteiger partial charge on any atom is 0.242 e. The van der Waals surface area contributed by atoms with Crippen LogP contribution in [0.2, 0.25) is 0 Å². The van der Waals surface area contributed by atoms with Gasteiger partial charge in [0.05, 0.1) is 0 Å². The molecule has 8 unspecified atom stereocenters. The maximum absolute atomic E-state index is 13.6. The lowest BCUT2D eigenvalue weighted by molar-refractivity contribution is -0.131. The minimum absolute atomic E-state index is 0.0108. The Morgan fingerprint density at radius 2 is 0.758 bits per heavy atom. The molecule has 0 bridgehead atoms. The van der Waals surface area contributed by atoms with E-state index in [2.05, 4.69) is 66.5 Å². The number of carbonyl (C=O) groups is 5. The molecule has 0 spiro atoms. The highest BCUT2D eigenvalue weighted by molar-refractivity contribution is 5.89. The molecule has 0 aliphatic rings. The lowest BCUT2D eigenvalue weighted by Gasteiger charge is -2.23. The van der Waals surface area contributed by atoms with Gasteiger partial charge in [0.25, 0.3) is 0 Å². The van der Waals surface area contributed by atoms with E-state index in [-0.39, 0.29) is 59.2 Å². The van der Waals surface area contributed by atoms with Gasteiger partial charge in [0.15, 0.2) is 0 Å². The molecule has 0 aliphatic heterocycles. The van der Waals surface area contributed by atoms with Gasteiger partial charge in [0.2, 0.25) is 29.5 Å². The summed E-state index contributed by atoms with van der Waals surface area (Å²) in [6.07, 6.45) is 22.1. The highest BCUT2D eigenvalue weighted by Gasteiger charge is 2.25. The fraction of sp³-hybridized carbons (Fsp3) is 0.900. The second-order valence-electron chi connectivity index (χ2n) is 18.7. The van der Waals surface area contributed by atoms with Crippen molar-refractivity contribution in [3.63, 3.8) is 0 Å². The minimum Gasteiger partial charge on any atom is -0.378 e. The molecule has 0 aliphatic carbocycles. The number of rotatable bonds is 41. The van der Waals surface area contributed by atoms with Crippen LogP contribution in [-0.4, -0.2) is 78.6 Å². The van der Waals surface area contributed by atoms with Gasteiger partial charge < -0.3 is 31.7 Å². The Kier molecular flexibility index (Phi) is 37.0. The summed E-state index contributed by atoms with van der Waals surface area (Å²) in [7, 11) is 0. The predicted octanol–water partition coefficient (Wildman–Crippen LogP) is 8.98. The SMILES string of the molecule is CCCCCC(C)C(=O)NCCCCC(NC(=O)C(C)CCCCC)C(=O)NC(C)CCCCNC(=O)C(CCCCNC(O)C(C)CCCCC)NC(=O)C(C)CCCCC. The van der Waals surface area contributed by atoms with Crippen molar-refractivity contribution < 1.29 is 29.1 Å². The predicted molar refractivity (Wildman–Crippen MR) is 256 cm³/mol. The van der Waals surface area contributed by atoms with E-state index in [1.165, 1.54) is 6.42 Å². The highest BCUT2D eigenvalue weighted by atomic mass is 16.3. The van der Waals surface area contributed by atoms with E-state index in [0.29, 0.717) is 45.3 Å². The molecule has 0 fully saturated rings. The van der Waals surface area contributed by atoms with Gasteiger partial charge in [-0.1, -0.05) is 132 Å². The molecule has 0 saturated heterocycles. The lowest BCUT2D eigenvalue weighted by Crippen LogP contribution is -2.50. The van der Waals surface area contributed by atoms with Gasteiger partial charge in [-0.2, -0.15) is 0 Å². The summed E-state index contributed by atoms with van der Waals surface area (Å²) in [5, 5.41) is 29.0. The van der Waals surface area contributed by atoms with Gasteiger partial charge in [-0.3, -0.25) is 29.3 Å². The van der Waals surface area contributed by atoms with Crippen LogP contribution in [0.1, 0.15) is 223 Å². The van der Waals surface area contributed by atoms with Gasteiger partial charge in [0.1, 0.15) is 18.3 Å². The van der Waals surface area contributed by atoms with Crippen LogP contribution >= 0.6 is 0 Å². The number of amides is 5. The fourth-order valence-electron chi connectivity index (χ4n) is 7.64. The molecule has 12 heteroatoms. The number of hydrogen-bond donors (Lipinski definition) is 7. The van der Waals surface area contributed by atoms with E-state index in [4.69, 9.17) is 0 Å². The Bertz CT molecular complexity index is 1170. The van der Waals surface area contributed by atoms with E-state index in [9.17, 15) is 29.1 Å². The summed E-state index contributed by atoms with van der Waals surface area (Å²) >= 11 is 0. The number of aliphatic hydroxyl groups excluding tert-OH is 1. The van der Waals surface area contributed by atoms with Crippen molar-refractivity contribution in [1.29, 1.82) is 0 Å². The monoisotopic (exact) mass is 879 g/mol. The van der Waals surface area contributed by atoms with E-state index < -0.39 is 18.3 Å². The van der Waals surface area contributed by atoms with Crippen molar-refractivity contribution in [2.24, 2.45) is 23.7 Å². The third kappa shape index (κ3) is 30.4. The third-order valence-electron chi connectivity index (χ3n) is 12.4. The molecule has 5 amide bonds. The molecule has 8 atom stereocenters. The zero-order valence-corrected chi connectivity index (χ0v) is 41.4. The summed E-state index contributed by atoms with van der Waals surface area (Å²) in [5.74, 6) is -0.651. The smallest absolute Gasteiger partial charge is 0.242 e. The molecule has 0 aromatic carbocycles. The lowest BCUT2D eigenvalue weighted by atomic mass is 10.0. The van der Waals surface area contributed by atoms with Gasteiger partial charge in [-0.15, -0.1) is 0 Å². The molecule has 12 nitrogen and oxygen atoms in total. The van der Waals surface area contributed by atoms with Crippen molar-refractivity contribution in [3.8, 4) is 0 Å². The van der Waals surface area contributed by atoms with E-state index in [1.54, 1.807) is 0 Å². The van der Waals surface area contributed by atoms with Gasteiger partial charge >= 0.3 is 0 Å². The summed E-state index contributed by atoms with van der Waals surface area (Å²) in [5.41, 5.74) is 0. The molecule has 0 aromatic rings. The summed E-state index contributed by atoms with van der Waals surface area (Å²) in [6, 6.07) is -1.40. The van der Waals surface area contributed by atoms with Gasteiger partial charge in [0, 0.05) is 36.9 Å². The van der Waals surface area contributed by atoms with Crippen LogP contribution < -0.4 is 31.9 Å². The van der Waals surface area contributed by atoms with Crippen LogP contribution in [-0.2, 0) is 24.0 Å². The van der Waals surface area contributed by atoms with Crippen molar-refractivity contribution in [3.05, 3.63) is 0 Å². The second kappa shape index (κ2) is 38.7. The maximum atomic E-state index is 13.6. The molecule has 62 heavy (non-hydrogen) atoms. The Morgan fingerprint density at radius 3 is 1.23 bits per heavy atom. The molecule has 0 aromatic heterocycles. The first-order valence-electron chi connectivity index (χ1n) is 25.6. The zero-order valence-electron chi connectivity index (χ0n) is 41.4. The average molecular weight is 879 g/mol. The first kappa shape index (κ1) is 59.3. The Hall–Kier alpha value is -2.73. The zero-order chi connectivity index (χ0) is 46.5. The Morgan fingerprint density at radius 1 is 0.387 bits per heavy atom. The second-order valence-corrected chi connectivity index (χ2v) is 18.7. The number of carbonyl (C=O) groups excluding carboxylic acids is 5. The van der Waals surface area contributed by atoms with Crippen LogP contribution in [0.3, 0.4) is 0 Å². The quantitative estimate of drug-likeness (QED) is 0.0237. The minimum atomic E-state index is -0.650. The first-order valence-corrected chi connectivity index (χ1v) is 25.6. The number of unbranched alkanes of at least 4 members (excludes halogenated alkanes) is 11. The van der Waals surface area contributed by atoms with Crippen molar-refractivity contribution >= 4 is 29.5 Å². The topological polar surface area (TPSA) is 178 Å². The van der Waals surface area contributed by atoms with Crippen molar-refractivity contribution in [2.75, 3.05) is 19.6 Å².